The fraction of sp³-hybridized carbons (Fsp3) is 0.333. The molecule has 4 rings (SSSR count). The van der Waals surface area contributed by atoms with E-state index in [0.717, 1.165) is 30.6 Å². The van der Waals surface area contributed by atoms with E-state index in [1.807, 2.05) is 0 Å². The number of benzene rings is 1. The Labute approximate surface area is 174 Å². The molecule has 1 aliphatic carbocycles. The van der Waals surface area contributed by atoms with E-state index in [1.54, 1.807) is 6.92 Å². The molecule has 2 aromatic rings. The molecule has 1 aromatic heterocycles. The van der Waals surface area contributed by atoms with Crippen LogP contribution >= 0.6 is 0 Å². The lowest BCUT2D eigenvalue weighted by Gasteiger charge is -2.10. The molecule has 0 fully saturated rings. The van der Waals surface area contributed by atoms with Crippen LogP contribution in [0.15, 0.2) is 27.5 Å². The number of carbonyl (C=O) groups excluding carboxylic acids is 2. The second-order valence-electron chi connectivity index (χ2n) is 7.10. The Hall–Kier alpha value is -2.91. The maximum Gasteiger partial charge on any atom is 0.342 e. The monoisotopic (exact) mass is 430 g/mol. The molecule has 0 spiro atoms. The van der Waals surface area contributed by atoms with Crippen LogP contribution in [0.2, 0.25) is 0 Å². The highest BCUT2D eigenvalue weighted by Gasteiger charge is 2.31. The van der Waals surface area contributed by atoms with E-state index in [1.165, 1.54) is 31.3 Å². The van der Waals surface area contributed by atoms with Gasteiger partial charge in [0.25, 0.3) is 5.91 Å². The van der Waals surface area contributed by atoms with Crippen molar-refractivity contribution in [1.82, 2.24) is 4.72 Å². The van der Waals surface area contributed by atoms with Gasteiger partial charge >= 0.3 is 5.97 Å². The number of nitrogens with one attached hydrogen (secondary N) is 2. The minimum Gasteiger partial charge on any atom is -0.462 e. The number of anilines is 1. The summed E-state index contributed by atoms with van der Waals surface area (Å²) in [5.41, 5.74) is 2.33. The van der Waals surface area contributed by atoms with Gasteiger partial charge < -0.3 is 14.5 Å². The molecule has 8 nitrogen and oxygen atoms in total. The number of rotatable bonds is 5. The molecule has 1 aliphatic heterocycles. The number of sulfonamides is 1. The third-order valence-electron chi connectivity index (χ3n) is 5.31. The lowest BCUT2D eigenvalue weighted by Crippen LogP contribution is -2.18. The van der Waals surface area contributed by atoms with Gasteiger partial charge in [-0.15, -0.1) is 0 Å². The van der Waals surface area contributed by atoms with Crippen LogP contribution in [0.4, 0.5) is 5.69 Å². The van der Waals surface area contributed by atoms with Crippen molar-refractivity contribution in [3.8, 4) is 0 Å². The highest BCUT2D eigenvalue weighted by Crippen LogP contribution is 2.37. The second-order valence-corrected chi connectivity index (χ2v) is 8.98. The Bertz CT molecular complexity index is 1180. The summed E-state index contributed by atoms with van der Waals surface area (Å²) in [5, 5.41) is 2.72. The van der Waals surface area contributed by atoms with Crippen molar-refractivity contribution < 1.29 is 27.2 Å². The summed E-state index contributed by atoms with van der Waals surface area (Å²) < 4.78 is 37.8. The summed E-state index contributed by atoms with van der Waals surface area (Å²) >= 11 is 0. The Kier molecular flexibility index (Phi) is 5.25. The highest BCUT2D eigenvalue weighted by molar-refractivity contribution is 7.89. The standard InChI is InChI=1S/C21H22N2O6S/c1-3-28-21(25)19-13-6-4-5-7-17(13)29-18(19)11-15-14-10-12(30(26,27)22-2)8-9-16(14)23-20(15)24/h8-11,22H,3-7H2,1-2H3,(H,23,24). The fourth-order valence-corrected chi connectivity index (χ4v) is 4.60. The van der Waals surface area contributed by atoms with Crippen LogP contribution in [0.25, 0.3) is 11.6 Å². The van der Waals surface area contributed by atoms with E-state index >= 15 is 0 Å². The zero-order chi connectivity index (χ0) is 21.5. The minimum atomic E-state index is -3.68. The molecule has 0 unspecified atom stereocenters. The SMILES string of the molecule is CCOC(=O)c1c(C=C2C(=O)Nc3ccc(S(=O)(=O)NC)cc32)oc2c1CCCC2. The highest BCUT2D eigenvalue weighted by atomic mass is 32.2. The van der Waals surface area contributed by atoms with Gasteiger partial charge in [-0.1, -0.05) is 0 Å². The Morgan fingerprint density at radius 2 is 2.07 bits per heavy atom. The van der Waals surface area contributed by atoms with E-state index in [-0.39, 0.29) is 22.8 Å². The van der Waals surface area contributed by atoms with Gasteiger partial charge in [-0.25, -0.2) is 17.9 Å². The summed E-state index contributed by atoms with van der Waals surface area (Å²) in [6, 6.07) is 4.39. The predicted octanol–water partition coefficient (Wildman–Crippen LogP) is 2.74. The van der Waals surface area contributed by atoms with Crippen molar-refractivity contribution in [2.75, 3.05) is 19.0 Å². The summed E-state index contributed by atoms with van der Waals surface area (Å²) in [7, 11) is -2.36. The van der Waals surface area contributed by atoms with Crippen LogP contribution < -0.4 is 10.0 Å². The van der Waals surface area contributed by atoms with Crippen LogP contribution in [0.5, 0.6) is 0 Å². The molecule has 2 aliphatic rings. The number of hydrogen-bond acceptors (Lipinski definition) is 6. The Morgan fingerprint density at radius 1 is 1.30 bits per heavy atom. The normalized spacial score (nSPS) is 16.9. The van der Waals surface area contributed by atoms with Crippen LogP contribution in [0.3, 0.4) is 0 Å². The largest absolute Gasteiger partial charge is 0.462 e. The quantitative estimate of drug-likeness (QED) is 0.557. The number of ether oxygens (including phenoxy) is 1. The molecular weight excluding hydrogens is 408 g/mol. The summed E-state index contributed by atoms with van der Waals surface area (Å²) in [6.07, 6.45) is 4.85. The molecule has 0 bridgehead atoms. The van der Waals surface area contributed by atoms with Gasteiger partial charge in [-0.3, -0.25) is 4.79 Å². The molecule has 0 saturated carbocycles. The average molecular weight is 430 g/mol. The van der Waals surface area contributed by atoms with Crippen molar-refractivity contribution in [3.63, 3.8) is 0 Å². The maximum atomic E-state index is 12.6. The van der Waals surface area contributed by atoms with Crippen LogP contribution in [0, 0.1) is 0 Å². The van der Waals surface area contributed by atoms with E-state index < -0.39 is 21.9 Å². The maximum absolute atomic E-state index is 12.6. The van der Waals surface area contributed by atoms with Crippen molar-refractivity contribution in [2.24, 2.45) is 0 Å². The number of furan rings is 1. The molecule has 0 saturated heterocycles. The average Bonchev–Trinajstić information content (AvgIpc) is 3.25. The first-order valence-electron chi connectivity index (χ1n) is 9.78. The van der Waals surface area contributed by atoms with Gasteiger partial charge in [0.2, 0.25) is 10.0 Å². The molecule has 9 heteroatoms. The minimum absolute atomic E-state index is 0.0375. The molecular formula is C21H22N2O6S. The summed E-state index contributed by atoms with van der Waals surface area (Å²) in [6.45, 7) is 1.95. The molecule has 1 amide bonds. The van der Waals surface area contributed by atoms with Crippen molar-refractivity contribution in [3.05, 3.63) is 46.4 Å². The lowest BCUT2D eigenvalue weighted by atomic mass is 9.94. The van der Waals surface area contributed by atoms with Gasteiger partial charge in [0.05, 0.1) is 17.1 Å². The number of hydrogen-bond donors (Lipinski definition) is 2. The topological polar surface area (TPSA) is 115 Å². The molecule has 30 heavy (non-hydrogen) atoms. The third kappa shape index (κ3) is 3.44. The van der Waals surface area contributed by atoms with Crippen molar-refractivity contribution >= 4 is 39.2 Å². The zero-order valence-electron chi connectivity index (χ0n) is 16.7. The van der Waals surface area contributed by atoms with E-state index in [4.69, 9.17) is 9.15 Å². The van der Waals surface area contributed by atoms with Gasteiger partial charge in [0.15, 0.2) is 0 Å². The smallest absolute Gasteiger partial charge is 0.342 e. The fourth-order valence-electron chi connectivity index (χ4n) is 3.84. The van der Waals surface area contributed by atoms with Gasteiger partial charge in [0.1, 0.15) is 17.1 Å². The van der Waals surface area contributed by atoms with E-state index in [0.29, 0.717) is 23.2 Å². The number of aryl methyl sites for hydroxylation is 1. The van der Waals surface area contributed by atoms with Crippen LogP contribution in [-0.2, 0) is 32.4 Å². The first kappa shape index (κ1) is 20.4. The van der Waals surface area contributed by atoms with Crippen LogP contribution in [-0.4, -0.2) is 33.9 Å². The molecule has 2 heterocycles. The summed E-state index contributed by atoms with van der Waals surface area (Å²) in [5.74, 6) is 0.121. The van der Waals surface area contributed by atoms with Gasteiger partial charge in [-0.2, -0.15) is 0 Å². The van der Waals surface area contributed by atoms with Crippen molar-refractivity contribution in [2.45, 2.75) is 37.5 Å². The van der Waals surface area contributed by atoms with Crippen LogP contribution in [0.1, 0.15) is 52.8 Å². The number of fused-ring (bicyclic) bond motifs is 2. The first-order chi connectivity index (χ1) is 14.4. The molecule has 1 aromatic carbocycles. The number of amides is 1. The third-order valence-corrected chi connectivity index (χ3v) is 6.72. The number of esters is 1. The van der Waals surface area contributed by atoms with E-state index in [2.05, 4.69) is 10.0 Å². The molecule has 2 N–H and O–H groups in total. The summed E-state index contributed by atoms with van der Waals surface area (Å²) in [4.78, 5) is 25.3. The van der Waals surface area contributed by atoms with Crippen molar-refractivity contribution in [1.29, 1.82) is 0 Å². The zero-order valence-corrected chi connectivity index (χ0v) is 17.5. The Morgan fingerprint density at radius 3 is 2.80 bits per heavy atom. The number of carbonyl (C=O) groups is 2. The van der Waals surface area contributed by atoms with Gasteiger partial charge in [-0.05, 0) is 57.5 Å². The molecule has 0 atom stereocenters. The lowest BCUT2D eigenvalue weighted by molar-refractivity contribution is -0.110. The first-order valence-corrected chi connectivity index (χ1v) is 11.3. The molecule has 0 radical (unpaired) electrons. The predicted molar refractivity (Wildman–Crippen MR) is 110 cm³/mol. The van der Waals surface area contributed by atoms with E-state index in [9.17, 15) is 18.0 Å². The van der Waals surface area contributed by atoms with Gasteiger partial charge in [0, 0.05) is 23.2 Å². The molecule has 158 valence electrons. The Balaban J connectivity index is 1.86. The second kappa shape index (κ2) is 7.73.